The van der Waals surface area contributed by atoms with Crippen LogP contribution in [0.1, 0.15) is 47.0 Å². The minimum Gasteiger partial charge on any atom is -0.342 e. The molecule has 2 heterocycles. The normalized spacial score (nSPS) is 25.3. The van der Waals surface area contributed by atoms with Crippen LogP contribution < -0.4 is 11.1 Å². The van der Waals surface area contributed by atoms with E-state index in [0.717, 1.165) is 6.42 Å². The van der Waals surface area contributed by atoms with E-state index in [9.17, 15) is 14.4 Å². The number of halogens is 1. The second-order valence-corrected chi connectivity index (χ2v) is 7.81. The molecule has 2 rings (SSSR count). The number of carbonyl (C=O) groups is 3. The van der Waals surface area contributed by atoms with Crippen LogP contribution >= 0.6 is 12.4 Å². The molecule has 2 fully saturated rings. The van der Waals surface area contributed by atoms with Crippen molar-refractivity contribution >= 4 is 30.3 Å². The van der Waals surface area contributed by atoms with Gasteiger partial charge in [-0.15, -0.1) is 12.4 Å². The fourth-order valence-corrected chi connectivity index (χ4v) is 3.15. The zero-order valence-corrected chi connectivity index (χ0v) is 15.7. The third-order valence-corrected chi connectivity index (χ3v) is 4.88. The Bertz CT molecular complexity index is 521. The van der Waals surface area contributed by atoms with Gasteiger partial charge in [0.05, 0.1) is 0 Å². The first-order valence-electron chi connectivity index (χ1n) is 8.22. The Morgan fingerprint density at radius 1 is 1.29 bits per heavy atom. The molecule has 0 radical (unpaired) electrons. The molecule has 24 heavy (non-hydrogen) atoms. The highest BCUT2D eigenvalue weighted by Gasteiger charge is 2.43. The molecule has 138 valence electrons. The van der Waals surface area contributed by atoms with Crippen molar-refractivity contribution in [1.29, 1.82) is 0 Å². The molecular formula is C16H29ClN4O3. The van der Waals surface area contributed by atoms with E-state index >= 15 is 0 Å². The number of rotatable bonds is 4. The van der Waals surface area contributed by atoms with Crippen LogP contribution in [0.25, 0.3) is 0 Å². The van der Waals surface area contributed by atoms with E-state index in [2.05, 4.69) is 19.2 Å². The smallest absolute Gasteiger partial charge is 0.325 e. The topological polar surface area (TPSA) is 95.7 Å². The van der Waals surface area contributed by atoms with Crippen LogP contribution in [-0.2, 0) is 9.59 Å². The number of imide groups is 1. The van der Waals surface area contributed by atoms with Crippen molar-refractivity contribution in [3.05, 3.63) is 0 Å². The summed E-state index contributed by atoms with van der Waals surface area (Å²) in [5, 5.41) is 2.64. The molecule has 2 saturated heterocycles. The van der Waals surface area contributed by atoms with Crippen molar-refractivity contribution in [2.75, 3.05) is 19.6 Å². The summed E-state index contributed by atoms with van der Waals surface area (Å²) in [6, 6.07) is -0.266. The predicted octanol–water partition coefficient (Wildman–Crippen LogP) is 1.10. The zero-order chi connectivity index (χ0) is 17.4. The van der Waals surface area contributed by atoms with Crippen LogP contribution in [0.15, 0.2) is 0 Å². The quantitative estimate of drug-likeness (QED) is 0.734. The van der Waals surface area contributed by atoms with Crippen molar-refractivity contribution < 1.29 is 14.4 Å². The predicted molar refractivity (Wildman–Crippen MR) is 93.8 cm³/mol. The average Bonchev–Trinajstić information content (AvgIpc) is 2.63. The van der Waals surface area contributed by atoms with Gasteiger partial charge in [0.2, 0.25) is 5.91 Å². The fraction of sp³-hybridized carbons (Fsp3) is 0.812. The molecule has 0 spiro atoms. The highest BCUT2D eigenvalue weighted by molar-refractivity contribution is 6.06. The zero-order valence-electron chi connectivity index (χ0n) is 14.9. The Labute approximate surface area is 149 Å². The lowest BCUT2D eigenvalue weighted by Gasteiger charge is -2.42. The van der Waals surface area contributed by atoms with Gasteiger partial charge in [0, 0.05) is 32.1 Å². The summed E-state index contributed by atoms with van der Waals surface area (Å²) in [4.78, 5) is 39.2. The number of urea groups is 1. The largest absolute Gasteiger partial charge is 0.342 e. The molecule has 1 unspecified atom stereocenters. The lowest BCUT2D eigenvalue weighted by atomic mass is 9.79. The summed E-state index contributed by atoms with van der Waals surface area (Å²) < 4.78 is 0. The number of hydrogen-bond donors (Lipinski definition) is 2. The van der Waals surface area contributed by atoms with Gasteiger partial charge >= 0.3 is 6.03 Å². The molecular weight excluding hydrogens is 332 g/mol. The Morgan fingerprint density at radius 3 is 2.42 bits per heavy atom. The summed E-state index contributed by atoms with van der Waals surface area (Å²) in [5.74, 6) is -0.170. The summed E-state index contributed by atoms with van der Waals surface area (Å²) in [6.45, 7) is 9.12. The SMILES string of the molecule is CC1(C)NC(=O)N(CCCC(=O)N2CCC(N)C(C)(C)C2)C1=O.Cl. The molecule has 8 heteroatoms. The molecule has 2 aliphatic heterocycles. The van der Waals surface area contributed by atoms with Crippen LogP contribution in [0.4, 0.5) is 4.79 Å². The maximum atomic E-state index is 12.3. The maximum Gasteiger partial charge on any atom is 0.325 e. The molecule has 4 amide bonds. The second-order valence-electron chi connectivity index (χ2n) is 7.81. The van der Waals surface area contributed by atoms with E-state index in [-0.39, 0.29) is 48.3 Å². The van der Waals surface area contributed by atoms with Crippen LogP contribution in [0.3, 0.4) is 0 Å². The van der Waals surface area contributed by atoms with Gasteiger partial charge in [0.25, 0.3) is 5.91 Å². The van der Waals surface area contributed by atoms with Gasteiger partial charge in [-0.05, 0) is 32.1 Å². The van der Waals surface area contributed by atoms with E-state index in [4.69, 9.17) is 5.73 Å². The molecule has 3 N–H and O–H groups in total. The van der Waals surface area contributed by atoms with Crippen LogP contribution in [-0.4, -0.2) is 58.9 Å². The number of nitrogens with one attached hydrogen (secondary N) is 1. The molecule has 0 aliphatic carbocycles. The summed E-state index contributed by atoms with van der Waals surface area (Å²) >= 11 is 0. The Hall–Kier alpha value is -1.34. The first-order valence-corrected chi connectivity index (χ1v) is 8.22. The minimum atomic E-state index is -0.853. The number of likely N-dealkylation sites (tertiary alicyclic amines) is 1. The van der Waals surface area contributed by atoms with Gasteiger partial charge in [-0.1, -0.05) is 13.8 Å². The first kappa shape index (κ1) is 20.7. The number of nitrogens with zero attached hydrogens (tertiary/aromatic N) is 2. The fourth-order valence-electron chi connectivity index (χ4n) is 3.15. The van der Waals surface area contributed by atoms with Crippen molar-refractivity contribution in [2.45, 2.75) is 58.5 Å². The van der Waals surface area contributed by atoms with Gasteiger partial charge in [0.1, 0.15) is 5.54 Å². The van der Waals surface area contributed by atoms with Gasteiger partial charge in [-0.3, -0.25) is 14.5 Å². The van der Waals surface area contributed by atoms with Gasteiger partial charge < -0.3 is 16.0 Å². The Kier molecular flexibility index (Phi) is 6.27. The van der Waals surface area contributed by atoms with E-state index in [1.165, 1.54) is 4.90 Å². The van der Waals surface area contributed by atoms with Crippen LogP contribution in [0, 0.1) is 5.41 Å². The molecule has 7 nitrogen and oxygen atoms in total. The lowest BCUT2D eigenvalue weighted by molar-refractivity contribution is -0.135. The summed E-state index contributed by atoms with van der Waals surface area (Å²) in [7, 11) is 0. The number of piperidine rings is 1. The van der Waals surface area contributed by atoms with Gasteiger partial charge in [-0.2, -0.15) is 0 Å². The molecule has 2 aliphatic rings. The second kappa shape index (κ2) is 7.27. The molecule has 0 aromatic heterocycles. The van der Waals surface area contributed by atoms with Crippen LogP contribution in [0.5, 0.6) is 0 Å². The first-order chi connectivity index (χ1) is 10.5. The van der Waals surface area contributed by atoms with Gasteiger partial charge in [-0.25, -0.2) is 4.79 Å². The third kappa shape index (κ3) is 4.19. The minimum absolute atomic E-state index is 0. The van der Waals surface area contributed by atoms with E-state index in [1.54, 1.807) is 13.8 Å². The maximum absolute atomic E-state index is 12.3. The van der Waals surface area contributed by atoms with E-state index in [1.807, 2.05) is 4.90 Å². The molecule has 0 aromatic rings. The van der Waals surface area contributed by atoms with Crippen molar-refractivity contribution in [3.8, 4) is 0 Å². The molecule has 1 atom stereocenters. The molecule has 0 saturated carbocycles. The van der Waals surface area contributed by atoms with Crippen molar-refractivity contribution in [2.24, 2.45) is 11.1 Å². The summed E-state index contributed by atoms with van der Waals surface area (Å²) in [5.41, 5.74) is 5.15. The standard InChI is InChI=1S/C16H28N4O3.ClH/c1-15(2)10-19(9-7-11(15)17)12(21)6-5-8-20-13(22)16(3,4)18-14(20)23;/h11H,5-10,17H2,1-4H3,(H,18,23);1H. The number of hydrogen-bond acceptors (Lipinski definition) is 4. The average molecular weight is 361 g/mol. The Balaban J connectivity index is 0.00000288. The highest BCUT2D eigenvalue weighted by atomic mass is 35.5. The number of nitrogens with two attached hydrogens (primary N) is 1. The number of amides is 4. The lowest BCUT2D eigenvalue weighted by Crippen LogP contribution is -2.54. The number of carbonyl (C=O) groups excluding carboxylic acids is 3. The van der Waals surface area contributed by atoms with E-state index in [0.29, 0.717) is 25.9 Å². The summed E-state index contributed by atoms with van der Waals surface area (Å²) in [6.07, 6.45) is 1.62. The highest BCUT2D eigenvalue weighted by Crippen LogP contribution is 2.28. The van der Waals surface area contributed by atoms with Crippen molar-refractivity contribution in [3.63, 3.8) is 0 Å². The molecule has 0 bridgehead atoms. The monoisotopic (exact) mass is 360 g/mol. The van der Waals surface area contributed by atoms with E-state index < -0.39 is 5.54 Å². The molecule has 0 aromatic carbocycles. The van der Waals surface area contributed by atoms with Crippen molar-refractivity contribution in [1.82, 2.24) is 15.1 Å². The Morgan fingerprint density at radius 2 is 1.92 bits per heavy atom. The van der Waals surface area contributed by atoms with Crippen LogP contribution in [0.2, 0.25) is 0 Å². The van der Waals surface area contributed by atoms with Gasteiger partial charge in [0.15, 0.2) is 0 Å². The third-order valence-electron chi connectivity index (χ3n) is 4.88.